The maximum absolute atomic E-state index is 12.9. The summed E-state index contributed by atoms with van der Waals surface area (Å²) in [5.41, 5.74) is -0.307. The number of carbonyl (C=O) groups is 1. The first-order chi connectivity index (χ1) is 10.3. The van der Waals surface area contributed by atoms with Crippen LogP contribution in [0.2, 0.25) is 0 Å². The van der Waals surface area contributed by atoms with E-state index >= 15 is 0 Å². The summed E-state index contributed by atoms with van der Waals surface area (Å²) in [5.74, 6) is -0.918. The number of hydrogen-bond acceptors (Lipinski definition) is 2. The number of carboxylic acids is 1. The van der Waals surface area contributed by atoms with Gasteiger partial charge in [0.1, 0.15) is 5.75 Å². The highest BCUT2D eigenvalue weighted by Crippen LogP contribution is 2.36. The van der Waals surface area contributed by atoms with Crippen molar-refractivity contribution in [3.8, 4) is 5.75 Å². The average Bonchev–Trinajstić information content (AvgIpc) is 2.43. The van der Waals surface area contributed by atoms with Crippen molar-refractivity contribution < 1.29 is 27.8 Å². The maximum Gasteiger partial charge on any atom is 0.416 e. The Morgan fingerprint density at radius 3 is 2.45 bits per heavy atom. The zero-order chi connectivity index (χ0) is 16.8. The molecule has 3 nitrogen and oxygen atoms in total. The Bertz CT molecular complexity index is 548. The van der Waals surface area contributed by atoms with Gasteiger partial charge < -0.3 is 9.84 Å². The Morgan fingerprint density at radius 2 is 1.95 bits per heavy atom. The molecule has 1 aromatic carbocycles. The molecule has 0 aromatic heterocycles. The van der Waals surface area contributed by atoms with E-state index in [1.54, 1.807) is 0 Å². The lowest BCUT2D eigenvalue weighted by Crippen LogP contribution is -2.07. The van der Waals surface area contributed by atoms with Crippen molar-refractivity contribution in [2.45, 2.75) is 39.3 Å². The summed E-state index contributed by atoms with van der Waals surface area (Å²) in [7, 11) is 0. The maximum atomic E-state index is 12.9. The zero-order valence-electron chi connectivity index (χ0n) is 12.5. The molecule has 0 aliphatic rings. The number of aliphatic carboxylic acids is 1. The molecule has 0 amide bonds. The van der Waals surface area contributed by atoms with Crippen LogP contribution in [-0.4, -0.2) is 17.7 Å². The van der Waals surface area contributed by atoms with Crippen LogP contribution in [0.3, 0.4) is 0 Å². The van der Waals surface area contributed by atoms with Gasteiger partial charge in [-0.05, 0) is 36.6 Å². The van der Waals surface area contributed by atoms with E-state index in [-0.39, 0.29) is 11.3 Å². The Labute approximate surface area is 127 Å². The largest absolute Gasteiger partial charge is 0.493 e. The summed E-state index contributed by atoms with van der Waals surface area (Å²) < 4.78 is 44.1. The molecular formula is C16H19F3O3. The minimum atomic E-state index is -4.49. The first kappa shape index (κ1) is 18.1. The van der Waals surface area contributed by atoms with Crippen molar-refractivity contribution in [3.05, 3.63) is 35.4 Å². The Morgan fingerprint density at radius 1 is 1.27 bits per heavy atom. The topological polar surface area (TPSA) is 46.5 Å². The van der Waals surface area contributed by atoms with Crippen molar-refractivity contribution in [3.63, 3.8) is 0 Å². The normalized spacial score (nSPS) is 12.3. The summed E-state index contributed by atoms with van der Waals surface area (Å²) in [4.78, 5) is 10.9. The molecule has 1 aromatic rings. The van der Waals surface area contributed by atoms with E-state index in [9.17, 15) is 18.0 Å². The van der Waals surface area contributed by atoms with Crippen LogP contribution in [0.4, 0.5) is 13.2 Å². The van der Waals surface area contributed by atoms with Gasteiger partial charge in [-0.15, -0.1) is 0 Å². The minimum Gasteiger partial charge on any atom is -0.493 e. The van der Waals surface area contributed by atoms with Crippen molar-refractivity contribution in [2.24, 2.45) is 0 Å². The molecular weight excluding hydrogens is 297 g/mol. The van der Waals surface area contributed by atoms with E-state index in [1.807, 2.05) is 13.8 Å². The number of allylic oxidation sites excluding steroid dienone is 1. The molecule has 6 heteroatoms. The molecule has 0 fully saturated rings. The van der Waals surface area contributed by atoms with Gasteiger partial charge in [-0.3, -0.25) is 0 Å². The van der Waals surface area contributed by atoms with Crippen LogP contribution in [0.1, 0.15) is 44.2 Å². The van der Waals surface area contributed by atoms with Crippen LogP contribution >= 0.6 is 0 Å². The molecule has 1 N–H and O–H groups in total. The summed E-state index contributed by atoms with van der Waals surface area (Å²) in [6, 6.07) is 3.15. The number of carboxylic acid groups (broad SMARTS) is 1. The van der Waals surface area contributed by atoms with E-state index in [0.29, 0.717) is 31.4 Å². The Hall–Kier alpha value is -1.98. The molecule has 0 radical (unpaired) electrons. The first-order valence-electron chi connectivity index (χ1n) is 7.07. The lowest BCUT2D eigenvalue weighted by molar-refractivity contribution is -0.137. The zero-order valence-corrected chi connectivity index (χ0v) is 12.5. The Kier molecular flexibility index (Phi) is 6.46. The van der Waals surface area contributed by atoms with E-state index in [2.05, 4.69) is 0 Å². The standard InChI is InChI=1S/C16H19F3O3/c1-3-5-11(9-15(20)21)13-10-12(16(17,18)19)6-7-14(13)22-8-4-2/h6-7,9-10H,3-5,8H2,1-2H3,(H,20,21)/b11-9+. The van der Waals surface area contributed by atoms with Crippen LogP contribution in [-0.2, 0) is 11.0 Å². The van der Waals surface area contributed by atoms with Gasteiger partial charge in [-0.25, -0.2) is 4.79 Å². The van der Waals surface area contributed by atoms with Gasteiger partial charge in [0, 0.05) is 11.6 Å². The van der Waals surface area contributed by atoms with E-state index in [4.69, 9.17) is 9.84 Å². The molecule has 0 spiro atoms. The minimum absolute atomic E-state index is 0.188. The van der Waals surface area contributed by atoms with Crippen LogP contribution in [0.15, 0.2) is 24.3 Å². The fourth-order valence-electron chi connectivity index (χ4n) is 2.00. The van der Waals surface area contributed by atoms with Crippen molar-refractivity contribution in [2.75, 3.05) is 6.61 Å². The predicted molar refractivity (Wildman–Crippen MR) is 77.8 cm³/mol. The molecule has 0 unspecified atom stereocenters. The molecule has 0 saturated carbocycles. The van der Waals surface area contributed by atoms with Crippen molar-refractivity contribution in [1.29, 1.82) is 0 Å². The molecule has 22 heavy (non-hydrogen) atoms. The predicted octanol–water partition coefficient (Wildman–Crippen LogP) is 4.76. The van der Waals surface area contributed by atoms with Gasteiger partial charge in [-0.2, -0.15) is 13.2 Å². The third-order valence-corrected chi connectivity index (χ3v) is 2.93. The second kappa shape index (κ2) is 7.87. The second-order valence-corrected chi connectivity index (χ2v) is 4.81. The molecule has 1 rings (SSSR count). The molecule has 122 valence electrons. The van der Waals surface area contributed by atoms with Crippen LogP contribution in [0.5, 0.6) is 5.75 Å². The van der Waals surface area contributed by atoms with E-state index in [1.165, 1.54) is 6.07 Å². The second-order valence-electron chi connectivity index (χ2n) is 4.81. The first-order valence-corrected chi connectivity index (χ1v) is 7.07. The Balaban J connectivity index is 3.39. The third kappa shape index (κ3) is 5.09. The monoisotopic (exact) mass is 316 g/mol. The lowest BCUT2D eigenvalue weighted by Gasteiger charge is -2.16. The molecule has 0 aliphatic heterocycles. The highest BCUT2D eigenvalue weighted by molar-refractivity contribution is 5.91. The number of hydrogen-bond donors (Lipinski definition) is 1. The quantitative estimate of drug-likeness (QED) is 0.738. The third-order valence-electron chi connectivity index (χ3n) is 2.93. The lowest BCUT2D eigenvalue weighted by atomic mass is 9.97. The van der Waals surface area contributed by atoms with Crippen LogP contribution < -0.4 is 4.74 Å². The molecule has 0 heterocycles. The number of halogens is 3. The van der Waals surface area contributed by atoms with Gasteiger partial charge in [0.15, 0.2) is 0 Å². The molecule has 0 atom stereocenters. The van der Waals surface area contributed by atoms with Gasteiger partial charge in [0.25, 0.3) is 0 Å². The number of benzene rings is 1. The van der Waals surface area contributed by atoms with Gasteiger partial charge in [0.2, 0.25) is 0 Å². The average molecular weight is 316 g/mol. The molecule has 0 saturated heterocycles. The number of alkyl halides is 3. The summed E-state index contributed by atoms with van der Waals surface area (Å²) >= 11 is 0. The summed E-state index contributed by atoms with van der Waals surface area (Å²) in [6.45, 7) is 4.06. The van der Waals surface area contributed by atoms with Crippen LogP contribution in [0, 0.1) is 0 Å². The van der Waals surface area contributed by atoms with Gasteiger partial charge in [0.05, 0.1) is 12.2 Å². The molecule has 0 bridgehead atoms. The van der Waals surface area contributed by atoms with Crippen molar-refractivity contribution >= 4 is 11.5 Å². The SMILES string of the molecule is CCCOc1ccc(C(F)(F)F)cc1/C(=C/C(=O)O)CCC. The van der Waals surface area contributed by atoms with E-state index in [0.717, 1.165) is 18.2 Å². The number of ether oxygens (including phenoxy) is 1. The highest BCUT2D eigenvalue weighted by Gasteiger charge is 2.31. The van der Waals surface area contributed by atoms with Crippen molar-refractivity contribution in [1.82, 2.24) is 0 Å². The van der Waals surface area contributed by atoms with Gasteiger partial charge in [-0.1, -0.05) is 20.3 Å². The molecule has 0 aliphatic carbocycles. The summed E-state index contributed by atoms with van der Waals surface area (Å²) in [5, 5.41) is 8.93. The summed E-state index contributed by atoms with van der Waals surface area (Å²) in [6.07, 6.45) is -1.87. The number of rotatable bonds is 7. The fraction of sp³-hybridized carbons (Fsp3) is 0.438. The fourth-order valence-corrected chi connectivity index (χ4v) is 2.00. The highest BCUT2D eigenvalue weighted by atomic mass is 19.4. The van der Waals surface area contributed by atoms with E-state index < -0.39 is 17.7 Å². The van der Waals surface area contributed by atoms with Gasteiger partial charge >= 0.3 is 12.1 Å². The van der Waals surface area contributed by atoms with Crippen LogP contribution in [0.25, 0.3) is 5.57 Å². The smallest absolute Gasteiger partial charge is 0.416 e.